The Morgan fingerprint density at radius 2 is 2.08 bits per heavy atom. The van der Waals surface area contributed by atoms with Crippen LogP contribution in [0.4, 0.5) is 16.5 Å². The molecule has 11 nitrogen and oxygen atoms in total. The highest BCUT2D eigenvalue weighted by Crippen LogP contribution is 2.47. The number of hydrogen-bond donors (Lipinski definition) is 2. The lowest BCUT2D eigenvalue weighted by molar-refractivity contribution is -0.384. The van der Waals surface area contributed by atoms with E-state index >= 15 is 0 Å². The molecule has 1 amide bonds. The third kappa shape index (κ3) is 5.42. The maximum absolute atomic E-state index is 13.2. The minimum absolute atomic E-state index is 0.0185. The monoisotopic (exact) mass is 593 g/mol. The molecule has 2 aromatic carbocycles. The lowest BCUT2D eigenvalue weighted by atomic mass is 9.76. The molecule has 1 atom stereocenters. The number of nitro groups is 1. The molecule has 1 aliphatic heterocycles. The van der Waals surface area contributed by atoms with Crippen molar-refractivity contribution in [1.82, 2.24) is 10.2 Å². The van der Waals surface area contributed by atoms with Crippen LogP contribution in [0, 0.1) is 21.4 Å². The summed E-state index contributed by atoms with van der Waals surface area (Å²) in [6.45, 7) is 0. The number of nitro benzene ring substituents is 1. The zero-order valence-corrected chi connectivity index (χ0v) is 23.1. The number of nitrogens with one attached hydrogen (secondary N) is 1. The fourth-order valence-electron chi connectivity index (χ4n) is 4.70. The summed E-state index contributed by atoms with van der Waals surface area (Å²) in [5.41, 5.74) is 8.84. The standard InChI is InChI=1S/C26H20ClN7O4S2/c27-15-5-1-4-14(10-15)22-18(12-28)24(29)33(19-8-3-9-20(35)23(19)22)25-31-32-26(40-25)39-13-21(36)30-16-6-2-7-17(11-16)34(37)38/h1-2,4-7,10-11,22H,3,8-9,13,29H2,(H,30,36). The Morgan fingerprint density at radius 1 is 1.27 bits per heavy atom. The molecular weight excluding hydrogens is 574 g/mol. The second-order valence-electron chi connectivity index (χ2n) is 8.87. The van der Waals surface area contributed by atoms with Gasteiger partial charge >= 0.3 is 0 Å². The maximum Gasteiger partial charge on any atom is 0.271 e. The SMILES string of the molecule is N#CC1=C(N)N(c2nnc(SCC(=O)Nc3cccc([N+](=O)[O-])c3)s2)C2=C(C(=O)CCC2)C1c1cccc(Cl)c1. The average Bonchev–Trinajstić information content (AvgIpc) is 3.40. The summed E-state index contributed by atoms with van der Waals surface area (Å²) < 4.78 is 0.469. The third-order valence-electron chi connectivity index (χ3n) is 6.35. The van der Waals surface area contributed by atoms with Gasteiger partial charge in [-0.1, -0.05) is 52.9 Å². The van der Waals surface area contributed by atoms with Gasteiger partial charge in [0.05, 0.1) is 28.2 Å². The second-order valence-corrected chi connectivity index (χ2v) is 11.5. The Kier molecular flexibility index (Phi) is 7.83. The number of thioether (sulfide) groups is 1. The largest absolute Gasteiger partial charge is 0.384 e. The molecule has 0 radical (unpaired) electrons. The van der Waals surface area contributed by atoms with E-state index in [4.69, 9.17) is 17.3 Å². The molecule has 1 aromatic heterocycles. The van der Waals surface area contributed by atoms with Gasteiger partial charge < -0.3 is 11.1 Å². The molecule has 1 aliphatic carbocycles. The molecule has 5 rings (SSSR count). The predicted molar refractivity (Wildman–Crippen MR) is 152 cm³/mol. The summed E-state index contributed by atoms with van der Waals surface area (Å²) in [7, 11) is 0. The number of non-ortho nitro benzene ring substituents is 1. The number of carbonyl (C=O) groups is 2. The van der Waals surface area contributed by atoms with Gasteiger partial charge in [-0.05, 0) is 36.6 Å². The number of nitrogens with zero attached hydrogens (tertiary/aromatic N) is 5. The van der Waals surface area contributed by atoms with Crippen LogP contribution in [0.1, 0.15) is 30.7 Å². The topological polar surface area (TPSA) is 168 Å². The fraction of sp³-hybridized carbons (Fsp3) is 0.192. The number of halogens is 1. The number of ketones is 1. The van der Waals surface area contributed by atoms with E-state index in [0.717, 1.165) is 11.8 Å². The summed E-state index contributed by atoms with van der Waals surface area (Å²) >= 11 is 8.54. The molecule has 0 spiro atoms. The van der Waals surface area contributed by atoms with Gasteiger partial charge in [0.15, 0.2) is 10.1 Å². The minimum Gasteiger partial charge on any atom is -0.384 e. The lowest BCUT2D eigenvalue weighted by Gasteiger charge is -2.38. The van der Waals surface area contributed by atoms with Crippen molar-refractivity contribution in [2.24, 2.45) is 5.73 Å². The van der Waals surface area contributed by atoms with E-state index in [0.29, 0.717) is 56.3 Å². The molecule has 0 saturated heterocycles. The van der Waals surface area contributed by atoms with Gasteiger partial charge in [-0.3, -0.25) is 24.6 Å². The molecule has 1 unspecified atom stereocenters. The quantitative estimate of drug-likeness (QED) is 0.212. The van der Waals surface area contributed by atoms with Crippen molar-refractivity contribution in [3.05, 3.63) is 91.9 Å². The van der Waals surface area contributed by atoms with Crippen molar-refractivity contribution in [1.29, 1.82) is 5.26 Å². The summed E-state index contributed by atoms with van der Waals surface area (Å²) in [5.74, 6) is -0.930. The molecular formula is C26H20ClN7O4S2. The number of rotatable bonds is 7. The van der Waals surface area contributed by atoms with Crippen LogP contribution in [0.25, 0.3) is 0 Å². The number of Topliss-reactive ketones (excluding diaryl/α,β-unsaturated/α-hetero) is 1. The first kappa shape index (κ1) is 27.3. The van der Waals surface area contributed by atoms with Crippen LogP contribution in [-0.2, 0) is 9.59 Å². The van der Waals surface area contributed by atoms with Crippen molar-refractivity contribution in [2.45, 2.75) is 29.5 Å². The van der Waals surface area contributed by atoms with E-state index in [9.17, 15) is 25.0 Å². The predicted octanol–water partition coefficient (Wildman–Crippen LogP) is 5.14. The van der Waals surface area contributed by atoms with Crippen molar-refractivity contribution in [3.63, 3.8) is 0 Å². The number of hydrogen-bond acceptors (Lipinski definition) is 11. The van der Waals surface area contributed by atoms with E-state index in [1.165, 1.54) is 29.5 Å². The van der Waals surface area contributed by atoms with Gasteiger partial charge in [0.25, 0.3) is 5.69 Å². The van der Waals surface area contributed by atoms with Gasteiger partial charge in [-0.15, -0.1) is 10.2 Å². The molecule has 0 fully saturated rings. The van der Waals surface area contributed by atoms with E-state index in [1.807, 2.05) is 6.07 Å². The highest BCUT2D eigenvalue weighted by molar-refractivity contribution is 8.01. The van der Waals surface area contributed by atoms with Gasteiger partial charge in [0.2, 0.25) is 11.0 Å². The second kappa shape index (κ2) is 11.5. The Hall–Kier alpha value is -4.25. The van der Waals surface area contributed by atoms with Gasteiger partial charge in [-0.25, -0.2) is 0 Å². The molecule has 2 heterocycles. The Morgan fingerprint density at radius 3 is 2.83 bits per heavy atom. The summed E-state index contributed by atoms with van der Waals surface area (Å²) in [5, 5.41) is 33.0. The van der Waals surface area contributed by atoms with Gasteiger partial charge in [0.1, 0.15) is 5.82 Å². The number of allylic oxidation sites excluding steroid dienone is 3. The minimum atomic E-state index is -0.637. The molecule has 3 N–H and O–H groups in total. The van der Waals surface area contributed by atoms with E-state index in [2.05, 4.69) is 21.6 Å². The van der Waals surface area contributed by atoms with Crippen LogP contribution in [0.3, 0.4) is 0 Å². The van der Waals surface area contributed by atoms with Crippen LogP contribution in [0.2, 0.25) is 5.02 Å². The van der Waals surface area contributed by atoms with Gasteiger partial charge in [-0.2, -0.15) is 5.26 Å². The van der Waals surface area contributed by atoms with E-state index in [-0.39, 0.29) is 34.5 Å². The summed E-state index contributed by atoms with van der Waals surface area (Å²) in [6, 6.07) is 14.9. The number of aromatic nitrogens is 2. The normalized spacial score (nSPS) is 16.9. The molecule has 0 saturated carbocycles. The zero-order valence-electron chi connectivity index (χ0n) is 20.7. The highest BCUT2D eigenvalue weighted by Gasteiger charge is 2.41. The third-order valence-corrected chi connectivity index (χ3v) is 8.63. The summed E-state index contributed by atoms with van der Waals surface area (Å²) in [6.07, 6.45) is 1.55. The molecule has 3 aromatic rings. The smallest absolute Gasteiger partial charge is 0.271 e. The Balaban J connectivity index is 1.39. The molecule has 2 aliphatic rings. The summed E-state index contributed by atoms with van der Waals surface area (Å²) in [4.78, 5) is 37.7. The fourth-order valence-corrected chi connectivity index (χ4v) is 6.58. The molecule has 0 bridgehead atoms. The van der Waals surface area contributed by atoms with E-state index in [1.54, 1.807) is 29.2 Å². The number of carbonyl (C=O) groups excluding carboxylic acids is 2. The first-order valence-corrected chi connectivity index (χ1v) is 14.2. The highest BCUT2D eigenvalue weighted by atomic mass is 35.5. The van der Waals surface area contributed by atoms with Gasteiger partial charge in [0, 0.05) is 40.5 Å². The first-order valence-electron chi connectivity index (χ1n) is 12.0. The van der Waals surface area contributed by atoms with Crippen LogP contribution in [0.5, 0.6) is 0 Å². The van der Waals surface area contributed by atoms with Crippen LogP contribution >= 0.6 is 34.7 Å². The molecule has 40 heavy (non-hydrogen) atoms. The lowest BCUT2D eigenvalue weighted by Crippen LogP contribution is -2.38. The van der Waals surface area contributed by atoms with E-state index < -0.39 is 10.8 Å². The first-order chi connectivity index (χ1) is 19.3. The number of nitrogens with two attached hydrogens (primary N) is 1. The zero-order chi connectivity index (χ0) is 28.4. The molecule has 14 heteroatoms. The van der Waals surface area contributed by atoms with Crippen molar-refractivity contribution < 1.29 is 14.5 Å². The number of anilines is 2. The number of benzene rings is 2. The van der Waals surface area contributed by atoms with Crippen molar-refractivity contribution >= 4 is 62.9 Å². The van der Waals surface area contributed by atoms with Crippen LogP contribution < -0.4 is 16.0 Å². The van der Waals surface area contributed by atoms with Crippen molar-refractivity contribution in [2.75, 3.05) is 16.0 Å². The molecule has 202 valence electrons. The number of nitriles is 1. The Bertz CT molecular complexity index is 1650. The van der Waals surface area contributed by atoms with Crippen molar-refractivity contribution in [3.8, 4) is 6.07 Å². The average molecular weight is 594 g/mol. The van der Waals surface area contributed by atoms with Crippen LogP contribution in [0.15, 0.2) is 75.5 Å². The van der Waals surface area contributed by atoms with Crippen LogP contribution in [-0.4, -0.2) is 32.6 Å². The Labute approximate surface area is 241 Å². The number of amides is 1. The maximum atomic E-state index is 13.2.